The molecule has 0 spiro atoms. The first-order valence-corrected chi connectivity index (χ1v) is 11.1. The van der Waals surface area contributed by atoms with E-state index in [0.29, 0.717) is 5.69 Å². The zero-order valence-electron chi connectivity index (χ0n) is 18.0. The first kappa shape index (κ1) is 23.7. The predicted octanol–water partition coefficient (Wildman–Crippen LogP) is 3.95. The largest absolute Gasteiger partial charge is 0.449 e. The minimum Gasteiger partial charge on any atom is -0.326 e. The van der Waals surface area contributed by atoms with E-state index < -0.39 is 27.9 Å². The van der Waals surface area contributed by atoms with Gasteiger partial charge in [0, 0.05) is 32.7 Å². The lowest BCUT2D eigenvalue weighted by molar-refractivity contribution is -0.147. The van der Waals surface area contributed by atoms with Gasteiger partial charge in [0.15, 0.2) is 0 Å². The number of rotatable bonds is 6. The van der Waals surface area contributed by atoms with Crippen molar-refractivity contribution in [3.63, 3.8) is 0 Å². The number of fused-ring (bicyclic) bond motifs is 1. The van der Waals surface area contributed by atoms with Crippen molar-refractivity contribution in [3.05, 3.63) is 53.3 Å². The minimum atomic E-state index is -4.77. The van der Waals surface area contributed by atoms with Crippen molar-refractivity contribution in [2.75, 3.05) is 19.4 Å². The molecule has 172 valence electrons. The first-order chi connectivity index (χ1) is 14.8. The van der Waals surface area contributed by atoms with Gasteiger partial charge in [0.2, 0.25) is 21.8 Å². The second-order valence-electron chi connectivity index (χ2n) is 7.62. The average Bonchev–Trinajstić information content (AvgIpc) is 3.07. The Bertz CT molecular complexity index is 1280. The van der Waals surface area contributed by atoms with E-state index in [9.17, 15) is 26.4 Å². The molecule has 1 heterocycles. The highest BCUT2D eigenvalue weighted by molar-refractivity contribution is 7.89. The maximum absolute atomic E-state index is 13.6. The maximum Gasteiger partial charge on any atom is 0.449 e. The molecule has 1 N–H and O–H groups in total. The molecular formula is C21H23F3N4O3S. The SMILES string of the molecule is Cc1ccc(NC(=O)CCn2c(C(F)(F)F)nc3cc(S(=O)(=O)N(C)C)ccc32)cc1C. The molecule has 0 fully saturated rings. The Balaban J connectivity index is 1.90. The second kappa shape index (κ2) is 8.55. The van der Waals surface area contributed by atoms with Crippen LogP contribution in [0.25, 0.3) is 11.0 Å². The van der Waals surface area contributed by atoms with Crippen LogP contribution in [0, 0.1) is 13.8 Å². The summed E-state index contributed by atoms with van der Waals surface area (Å²) in [5.74, 6) is -1.64. The molecule has 3 rings (SSSR count). The quantitative estimate of drug-likeness (QED) is 0.594. The van der Waals surface area contributed by atoms with Crippen molar-refractivity contribution in [1.29, 1.82) is 0 Å². The van der Waals surface area contributed by atoms with Gasteiger partial charge in [-0.3, -0.25) is 4.79 Å². The molecular weight excluding hydrogens is 445 g/mol. The van der Waals surface area contributed by atoms with Crippen molar-refractivity contribution >= 4 is 32.7 Å². The van der Waals surface area contributed by atoms with Gasteiger partial charge >= 0.3 is 6.18 Å². The van der Waals surface area contributed by atoms with Crippen LogP contribution in [0.4, 0.5) is 18.9 Å². The monoisotopic (exact) mass is 468 g/mol. The summed E-state index contributed by atoms with van der Waals surface area (Å²) < 4.78 is 67.3. The highest BCUT2D eigenvalue weighted by Crippen LogP contribution is 2.32. The van der Waals surface area contributed by atoms with E-state index in [4.69, 9.17) is 0 Å². The molecule has 0 bridgehead atoms. The first-order valence-electron chi connectivity index (χ1n) is 9.68. The van der Waals surface area contributed by atoms with Crippen molar-refractivity contribution in [2.24, 2.45) is 0 Å². The van der Waals surface area contributed by atoms with Crippen LogP contribution >= 0.6 is 0 Å². The Hall–Kier alpha value is -2.92. The van der Waals surface area contributed by atoms with Crippen LogP contribution in [0.3, 0.4) is 0 Å². The third-order valence-corrected chi connectivity index (χ3v) is 6.92. The third-order valence-electron chi connectivity index (χ3n) is 5.10. The number of sulfonamides is 1. The molecule has 0 radical (unpaired) electrons. The number of aryl methyl sites for hydroxylation is 3. The topological polar surface area (TPSA) is 84.3 Å². The van der Waals surface area contributed by atoms with Crippen LogP contribution in [0.15, 0.2) is 41.3 Å². The molecule has 0 aliphatic rings. The summed E-state index contributed by atoms with van der Waals surface area (Å²) in [6.45, 7) is 3.55. The molecule has 3 aromatic rings. The predicted molar refractivity (Wildman–Crippen MR) is 115 cm³/mol. The number of hydrogen-bond acceptors (Lipinski definition) is 4. The van der Waals surface area contributed by atoms with E-state index >= 15 is 0 Å². The molecule has 0 aliphatic heterocycles. The van der Waals surface area contributed by atoms with Gasteiger partial charge in [0.05, 0.1) is 15.9 Å². The van der Waals surface area contributed by atoms with Crippen LogP contribution in [-0.2, 0) is 27.5 Å². The fraction of sp³-hybridized carbons (Fsp3) is 0.333. The van der Waals surface area contributed by atoms with E-state index in [0.717, 1.165) is 26.1 Å². The number of nitrogens with zero attached hydrogens (tertiary/aromatic N) is 3. The lowest BCUT2D eigenvalue weighted by atomic mass is 10.1. The normalized spacial score (nSPS) is 12.5. The van der Waals surface area contributed by atoms with Gasteiger partial charge in [0.1, 0.15) is 0 Å². The number of hydrogen-bond donors (Lipinski definition) is 1. The van der Waals surface area contributed by atoms with Gasteiger partial charge < -0.3 is 9.88 Å². The maximum atomic E-state index is 13.6. The van der Waals surface area contributed by atoms with Gasteiger partial charge in [-0.1, -0.05) is 6.07 Å². The Morgan fingerprint density at radius 3 is 2.38 bits per heavy atom. The molecule has 0 saturated carbocycles. The van der Waals surface area contributed by atoms with Crippen LogP contribution < -0.4 is 5.32 Å². The summed E-state index contributed by atoms with van der Waals surface area (Å²) >= 11 is 0. The van der Waals surface area contributed by atoms with Crippen LogP contribution in [-0.4, -0.2) is 42.3 Å². The Morgan fingerprint density at radius 2 is 1.78 bits per heavy atom. The van der Waals surface area contributed by atoms with Crippen molar-refractivity contribution in [3.8, 4) is 0 Å². The summed E-state index contributed by atoms with van der Waals surface area (Å²) in [6, 6.07) is 8.95. The Labute approximate surface area is 183 Å². The van der Waals surface area contributed by atoms with Crippen LogP contribution in [0.2, 0.25) is 0 Å². The van der Waals surface area contributed by atoms with E-state index in [1.165, 1.54) is 26.2 Å². The third kappa shape index (κ3) is 4.78. The lowest BCUT2D eigenvalue weighted by Crippen LogP contribution is -2.22. The standard InChI is InChI=1S/C21H23F3N4O3S/c1-13-5-6-15(11-14(13)2)25-19(29)9-10-28-18-8-7-16(32(30,31)27(3)4)12-17(18)26-20(28)21(22,23)24/h5-8,11-12H,9-10H2,1-4H3,(H,25,29). The molecule has 0 atom stereocenters. The number of carbonyl (C=O) groups is 1. The molecule has 0 saturated heterocycles. The summed E-state index contributed by atoms with van der Waals surface area (Å²) in [7, 11) is -1.18. The number of aromatic nitrogens is 2. The van der Waals surface area contributed by atoms with Gasteiger partial charge in [-0.2, -0.15) is 13.2 Å². The fourth-order valence-corrected chi connectivity index (χ4v) is 4.10. The lowest BCUT2D eigenvalue weighted by Gasteiger charge is -2.13. The highest BCUT2D eigenvalue weighted by atomic mass is 32.2. The molecule has 2 aromatic carbocycles. The van der Waals surface area contributed by atoms with Crippen molar-refractivity contribution < 1.29 is 26.4 Å². The number of halogens is 3. The van der Waals surface area contributed by atoms with Gasteiger partial charge in [0.25, 0.3) is 0 Å². The number of carbonyl (C=O) groups excluding carboxylic acids is 1. The number of benzene rings is 2. The molecule has 0 aliphatic carbocycles. The zero-order valence-corrected chi connectivity index (χ0v) is 18.8. The van der Waals surface area contributed by atoms with Crippen molar-refractivity contribution in [2.45, 2.75) is 37.9 Å². The van der Waals surface area contributed by atoms with Crippen LogP contribution in [0.5, 0.6) is 0 Å². The van der Waals surface area contributed by atoms with E-state index in [1.807, 2.05) is 19.9 Å². The number of imidazole rings is 1. The Morgan fingerprint density at radius 1 is 1.09 bits per heavy atom. The highest BCUT2D eigenvalue weighted by Gasteiger charge is 2.38. The van der Waals surface area contributed by atoms with E-state index in [1.54, 1.807) is 12.1 Å². The number of amides is 1. The van der Waals surface area contributed by atoms with E-state index in [2.05, 4.69) is 10.3 Å². The van der Waals surface area contributed by atoms with Crippen LogP contribution in [0.1, 0.15) is 23.4 Å². The molecule has 7 nitrogen and oxygen atoms in total. The Kier molecular flexibility index (Phi) is 6.34. The van der Waals surface area contributed by atoms with E-state index in [-0.39, 0.29) is 28.9 Å². The van der Waals surface area contributed by atoms with Crippen molar-refractivity contribution in [1.82, 2.24) is 13.9 Å². The summed E-state index contributed by atoms with van der Waals surface area (Å²) in [5, 5.41) is 2.68. The fourth-order valence-electron chi connectivity index (χ4n) is 3.18. The van der Waals surface area contributed by atoms with Gasteiger partial charge in [-0.25, -0.2) is 17.7 Å². The number of nitrogens with one attached hydrogen (secondary N) is 1. The minimum absolute atomic E-state index is 0.0917. The summed E-state index contributed by atoms with van der Waals surface area (Å²) in [6.07, 6.45) is -5.00. The van der Waals surface area contributed by atoms with Gasteiger partial charge in [-0.15, -0.1) is 0 Å². The molecule has 1 aromatic heterocycles. The number of anilines is 1. The summed E-state index contributed by atoms with van der Waals surface area (Å²) in [5.41, 5.74) is 2.57. The smallest absolute Gasteiger partial charge is 0.326 e. The summed E-state index contributed by atoms with van der Waals surface area (Å²) in [4.78, 5) is 15.8. The number of alkyl halides is 3. The molecule has 1 amide bonds. The average molecular weight is 469 g/mol. The molecule has 0 unspecified atom stereocenters. The van der Waals surface area contributed by atoms with Gasteiger partial charge in [-0.05, 0) is 55.3 Å². The molecule has 11 heteroatoms. The second-order valence-corrected chi connectivity index (χ2v) is 9.77. The zero-order chi connectivity index (χ0) is 23.8. The molecule has 32 heavy (non-hydrogen) atoms.